The van der Waals surface area contributed by atoms with Crippen LogP contribution in [0, 0.1) is 0 Å². The summed E-state index contributed by atoms with van der Waals surface area (Å²) in [5, 5.41) is 15.7. The molecule has 0 aliphatic rings. The molecule has 0 saturated carbocycles. The molecule has 0 spiro atoms. The van der Waals surface area contributed by atoms with E-state index in [4.69, 9.17) is 0 Å². The molecule has 1 aromatic rings. The fourth-order valence-corrected chi connectivity index (χ4v) is 1.21. The molecule has 0 aliphatic heterocycles. The predicted molar refractivity (Wildman–Crippen MR) is 58.4 cm³/mol. The van der Waals surface area contributed by atoms with E-state index in [1.807, 2.05) is 19.1 Å². The van der Waals surface area contributed by atoms with Crippen LogP contribution >= 0.6 is 0 Å². The van der Waals surface area contributed by atoms with Crippen LogP contribution in [0.2, 0.25) is 0 Å². The molecule has 0 atom stereocenters. The lowest BCUT2D eigenvalue weighted by Crippen LogP contribution is -2.28. The summed E-state index contributed by atoms with van der Waals surface area (Å²) in [4.78, 5) is 11.2. The molecule has 1 radical (unpaired) electrons. The monoisotopic (exact) mass is 207 g/mol. The molecule has 4 nitrogen and oxygen atoms in total. The van der Waals surface area contributed by atoms with Crippen molar-refractivity contribution in [3.05, 3.63) is 29.8 Å². The highest BCUT2D eigenvalue weighted by Crippen LogP contribution is 2.09. The maximum Gasteiger partial charge on any atom is 0.319 e. The van der Waals surface area contributed by atoms with E-state index < -0.39 is 0 Å². The molecule has 0 unspecified atom stereocenters. The Morgan fingerprint density at radius 3 is 2.47 bits per heavy atom. The fourth-order valence-electron chi connectivity index (χ4n) is 1.21. The van der Waals surface area contributed by atoms with Crippen LogP contribution in [0.15, 0.2) is 24.3 Å². The Kier molecular flexibility index (Phi) is 4.63. The molecule has 2 N–H and O–H groups in total. The third kappa shape index (κ3) is 3.99. The van der Waals surface area contributed by atoms with Gasteiger partial charge < -0.3 is 10.6 Å². The number of amides is 2. The lowest BCUT2D eigenvalue weighted by Gasteiger charge is -2.06. The molecule has 15 heavy (non-hydrogen) atoms. The van der Waals surface area contributed by atoms with E-state index >= 15 is 0 Å². The fraction of sp³-hybridized carbons (Fsp3) is 0.364. The van der Waals surface area contributed by atoms with E-state index in [1.165, 1.54) is 0 Å². The maximum absolute atomic E-state index is 11.2. The summed E-state index contributed by atoms with van der Waals surface area (Å²) < 4.78 is 0. The summed E-state index contributed by atoms with van der Waals surface area (Å²) >= 11 is 0. The molecule has 2 amide bonds. The minimum Gasteiger partial charge on any atom is -0.338 e. The number of nitrogens with one attached hydrogen (secondary N) is 2. The van der Waals surface area contributed by atoms with E-state index in [0.29, 0.717) is 13.0 Å². The highest BCUT2D eigenvalue weighted by atomic mass is 16.3. The molecule has 1 rings (SSSR count). The van der Waals surface area contributed by atoms with E-state index in [2.05, 4.69) is 10.6 Å². The van der Waals surface area contributed by atoms with Crippen LogP contribution in [0.3, 0.4) is 0 Å². The van der Waals surface area contributed by atoms with Gasteiger partial charge >= 0.3 is 6.03 Å². The smallest absolute Gasteiger partial charge is 0.319 e. The number of anilines is 1. The highest BCUT2D eigenvalue weighted by Gasteiger charge is 1.99. The summed E-state index contributed by atoms with van der Waals surface area (Å²) in [7, 11) is 0. The number of carbonyl (C=O) groups is 1. The van der Waals surface area contributed by atoms with Crippen LogP contribution in [-0.2, 0) is 11.5 Å². The van der Waals surface area contributed by atoms with Crippen molar-refractivity contribution in [3.8, 4) is 0 Å². The minimum absolute atomic E-state index is 0.108. The molecule has 0 saturated heterocycles. The van der Waals surface area contributed by atoms with E-state index in [0.717, 1.165) is 11.3 Å². The average Bonchev–Trinajstić information content (AvgIpc) is 2.22. The van der Waals surface area contributed by atoms with Crippen molar-refractivity contribution in [3.63, 3.8) is 0 Å². The summed E-state index contributed by atoms with van der Waals surface area (Å²) in [5.74, 6) is 0. The normalized spacial score (nSPS) is 9.73. The molecule has 81 valence electrons. The summed E-state index contributed by atoms with van der Waals surface area (Å²) in [6, 6.07) is 7.06. The van der Waals surface area contributed by atoms with Crippen LogP contribution in [0.1, 0.15) is 12.5 Å². The van der Waals surface area contributed by atoms with Gasteiger partial charge in [0.1, 0.15) is 0 Å². The Bertz CT molecular complexity index is 309. The van der Waals surface area contributed by atoms with Gasteiger partial charge in [-0.3, -0.25) is 0 Å². The largest absolute Gasteiger partial charge is 0.338 e. The van der Waals surface area contributed by atoms with Gasteiger partial charge in [-0.05, 0) is 31.0 Å². The number of benzene rings is 1. The summed E-state index contributed by atoms with van der Waals surface area (Å²) in [6.45, 7) is 2.35. The quantitative estimate of drug-likeness (QED) is 0.777. The topological polar surface area (TPSA) is 61.0 Å². The zero-order chi connectivity index (χ0) is 11.1. The number of rotatable bonds is 4. The van der Waals surface area contributed by atoms with Crippen molar-refractivity contribution in [2.24, 2.45) is 0 Å². The molecule has 0 fully saturated rings. The Morgan fingerprint density at radius 1 is 1.27 bits per heavy atom. The summed E-state index contributed by atoms with van der Waals surface area (Å²) in [5.41, 5.74) is 1.72. The molecule has 1 aromatic carbocycles. The van der Waals surface area contributed by atoms with Gasteiger partial charge in [0, 0.05) is 12.2 Å². The average molecular weight is 207 g/mol. The molecule has 4 heteroatoms. The Balaban J connectivity index is 2.52. The van der Waals surface area contributed by atoms with E-state index in [9.17, 15) is 9.90 Å². The first-order valence-corrected chi connectivity index (χ1v) is 4.98. The van der Waals surface area contributed by atoms with Crippen LogP contribution in [0.25, 0.3) is 0 Å². The number of hydrogen-bond donors (Lipinski definition) is 2. The minimum atomic E-state index is -0.214. The number of urea groups is 1. The third-order valence-electron chi connectivity index (χ3n) is 1.94. The first-order valence-electron chi connectivity index (χ1n) is 4.98. The zero-order valence-electron chi connectivity index (χ0n) is 8.75. The van der Waals surface area contributed by atoms with Crippen LogP contribution in [0.4, 0.5) is 10.5 Å². The van der Waals surface area contributed by atoms with Crippen molar-refractivity contribution in [1.29, 1.82) is 0 Å². The van der Waals surface area contributed by atoms with Crippen LogP contribution < -0.4 is 10.6 Å². The van der Waals surface area contributed by atoms with Crippen LogP contribution in [-0.4, -0.2) is 19.2 Å². The lowest BCUT2D eigenvalue weighted by molar-refractivity contribution is 0.197. The Morgan fingerprint density at radius 2 is 1.93 bits per heavy atom. The Labute approximate surface area is 89.3 Å². The highest BCUT2D eigenvalue weighted by molar-refractivity contribution is 5.89. The lowest BCUT2D eigenvalue weighted by atomic mass is 10.1. The Hall–Kier alpha value is -1.55. The standard InChI is InChI=1S/C11H15N2O2/c1-2-12-11(15)13-10-5-3-9(4-6-10)7-8-14/h3-6H,2,7-8H2,1H3,(H2,12,13,15). The van der Waals surface area contributed by atoms with Gasteiger partial charge in [0.2, 0.25) is 0 Å². The van der Waals surface area contributed by atoms with Gasteiger partial charge in [0.15, 0.2) is 0 Å². The van der Waals surface area contributed by atoms with Gasteiger partial charge in [0.25, 0.3) is 0 Å². The zero-order valence-corrected chi connectivity index (χ0v) is 8.75. The van der Waals surface area contributed by atoms with Crippen LogP contribution in [0.5, 0.6) is 0 Å². The van der Waals surface area contributed by atoms with Gasteiger partial charge in [-0.15, -0.1) is 0 Å². The van der Waals surface area contributed by atoms with E-state index in [1.54, 1.807) is 12.1 Å². The second-order valence-electron chi connectivity index (χ2n) is 3.14. The van der Waals surface area contributed by atoms with Crippen molar-refractivity contribution in [2.75, 3.05) is 18.5 Å². The third-order valence-corrected chi connectivity index (χ3v) is 1.94. The van der Waals surface area contributed by atoms with Crippen molar-refractivity contribution >= 4 is 11.7 Å². The predicted octanol–water partition coefficient (Wildman–Crippen LogP) is 1.80. The molecule has 0 aliphatic carbocycles. The van der Waals surface area contributed by atoms with Crippen molar-refractivity contribution < 1.29 is 9.90 Å². The molecule has 0 bridgehead atoms. The first-order chi connectivity index (χ1) is 7.26. The number of carbonyl (C=O) groups excluding carboxylic acids is 1. The first kappa shape index (κ1) is 11.5. The van der Waals surface area contributed by atoms with Gasteiger partial charge in [-0.2, -0.15) is 0 Å². The molecule has 0 aromatic heterocycles. The van der Waals surface area contributed by atoms with Crippen molar-refractivity contribution in [2.45, 2.75) is 13.3 Å². The molecule has 0 heterocycles. The van der Waals surface area contributed by atoms with Gasteiger partial charge in [0.05, 0.1) is 6.61 Å². The van der Waals surface area contributed by atoms with Gasteiger partial charge in [-0.25, -0.2) is 9.90 Å². The number of hydrogen-bond acceptors (Lipinski definition) is 1. The van der Waals surface area contributed by atoms with Crippen molar-refractivity contribution in [1.82, 2.24) is 5.32 Å². The second-order valence-corrected chi connectivity index (χ2v) is 3.14. The maximum atomic E-state index is 11.2. The summed E-state index contributed by atoms with van der Waals surface area (Å²) in [6.07, 6.45) is 0.529. The van der Waals surface area contributed by atoms with Gasteiger partial charge in [-0.1, -0.05) is 12.1 Å². The second kappa shape index (κ2) is 6.03. The molecular formula is C11H15N2O2. The molecular weight excluding hydrogens is 192 g/mol. The SMILES string of the molecule is CCNC(=O)Nc1ccc(CC[O])cc1. The van der Waals surface area contributed by atoms with E-state index in [-0.39, 0.29) is 12.6 Å².